The lowest BCUT2D eigenvalue weighted by atomic mass is 9.86. The lowest BCUT2D eigenvalue weighted by molar-refractivity contribution is -0.137. The monoisotopic (exact) mass is 352 g/mol. The second kappa shape index (κ2) is 6.90. The molecule has 2 unspecified atom stereocenters. The summed E-state index contributed by atoms with van der Waals surface area (Å²) in [4.78, 5) is 16.4. The summed E-state index contributed by atoms with van der Waals surface area (Å²) in [5.74, 6) is 0.218. The highest BCUT2D eigenvalue weighted by Gasteiger charge is 2.30. The summed E-state index contributed by atoms with van der Waals surface area (Å²) in [6.45, 7) is 2.11. The lowest BCUT2D eigenvalue weighted by Gasteiger charge is -2.29. The fourth-order valence-electron chi connectivity index (χ4n) is 3.09. The molecule has 3 rings (SSSR count). The number of hydrogen-bond acceptors (Lipinski definition) is 3. The molecule has 0 bridgehead atoms. The Morgan fingerprint density at radius 2 is 1.88 bits per heavy atom. The Balaban J connectivity index is 1.70. The Labute approximate surface area is 143 Å². The number of oxazole rings is 1. The molecule has 1 N–H and O–H groups in total. The molecule has 1 saturated carbocycles. The van der Waals surface area contributed by atoms with Gasteiger partial charge in [0.2, 0.25) is 5.89 Å². The van der Waals surface area contributed by atoms with Crippen LogP contribution in [0.3, 0.4) is 0 Å². The molecule has 134 valence electrons. The Morgan fingerprint density at radius 1 is 1.20 bits per heavy atom. The molecule has 1 heterocycles. The standard InChI is InChI=1S/C18H19F3N2O2/c1-11-4-2-3-5-14(11)22-16(24)15-10-25-17(23-15)12-6-8-13(9-7-12)18(19,20)21/h6-11,14H,2-5H2,1H3,(H,22,24). The molecule has 2 aromatic rings. The number of alkyl halides is 3. The quantitative estimate of drug-likeness (QED) is 0.873. The summed E-state index contributed by atoms with van der Waals surface area (Å²) in [6.07, 6.45) is 1.13. The number of benzene rings is 1. The molecule has 0 aliphatic heterocycles. The van der Waals surface area contributed by atoms with Gasteiger partial charge in [0, 0.05) is 11.6 Å². The van der Waals surface area contributed by atoms with Gasteiger partial charge in [-0.05, 0) is 43.0 Å². The van der Waals surface area contributed by atoms with Gasteiger partial charge in [-0.2, -0.15) is 13.2 Å². The van der Waals surface area contributed by atoms with Crippen LogP contribution in [-0.2, 0) is 6.18 Å². The molecular weight excluding hydrogens is 333 g/mol. The molecule has 1 aromatic heterocycles. The van der Waals surface area contributed by atoms with Gasteiger partial charge in [0.25, 0.3) is 5.91 Å². The smallest absolute Gasteiger partial charge is 0.416 e. The zero-order valence-corrected chi connectivity index (χ0v) is 13.8. The van der Waals surface area contributed by atoms with Crippen molar-refractivity contribution in [1.29, 1.82) is 0 Å². The fourth-order valence-corrected chi connectivity index (χ4v) is 3.09. The average Bonchev–Trinajstić information content (AvgIpc) is 3.06. The molecule has 1 fully saturated rings. The van der Waals surface area contributed by atoms with Crippen molar-refractivity contribution in [3.8, 4) is 11.5 Å². The van der Waals surface area contributed by atoms with Crippen LogP contribution in [0.15, 0.2) is 34.9 Å². The number of aromatic nitrogens is 1. The largest absolute Gasteiger partial charge is 0.444 e. The van der Waals surface area contributed by atoms with Gasteiger partial charge in [-0.1, -0.05) is 19.8 Å². The first-order valence-corrected chi connectivity index (χ1v) is 8.28. The zero-order chi connectivity index (χ0) is 18.0. The summed E-state index contributed by atoms with van der Waals surface area (Å²) in [6, 6.07) is 4.60. The van der Waals surface area contributed by atoms with Gasteiger partial charge in [-0.15, -0.1) is 0 Å². The number of hydrogen-bond donors (Lipinski definition) is 1. The number of carbonyl (C=O) groups is 1. The third-order valence-corrected chi connectivity index (χ3v) is 4.62. The topological polar surface area (TPSA) is 55.1 Å². The van der Waals surface area contributed by atoms with E-state index in [9.17, 15) is 18.0 Å². The Hall–Kier alpha value is -2.31. The molecule has 1 aromatic carbocycles. The number of nitrogens with one attached hydrogen (secondary N) is 1. The minimum Gasteiger partial charge on any atom is -0.444 e. The number of carbonyl (C=O) groups excluding carboxylic acids is 1. The summed E-state index contributed by atoms with van der Waals surface area (Å²) in [7, 11) is 0. The lowest BCUT2D eigenvalue weighted by Crippen LogP contribution is -2.41. The van der Waals surface area contributed by atoms with Crippen molar-refractivity contribution in [2.75, 3.05) is 0 Å². The van der Waals surface area contributed by atoms with E-state index in [4.69, 9.17) is 4.42 Å². The summed E-state index contributed by atoms with van der Waals surface area (Å²) in [5, 5.41) is 2.97. The van der Waals surface area contributed by atoms with Crippen LogP contribution in [0, 0.1) is 5.92 Å². The zero-order valence-electron chi connectivity index (χ0n) is 13.8. The van der Waals surface area contributed by atoms with Crippen LogP contribution >= 0.6 is 0 Å². The minimum atomic E-state index is -4.39. The van der Waals surface area contributed by atoms with Crippen molar-refractivity contribution in [2.24, 2.45) is 5.92 Å². The molecule has 4 nitrogen and oxygen atoms in total. The minimum absolute atomic E-state index is 0.118. The summed E-state index contributed by atoms with van der Waals surface area (Å²) >= 11 is 0. The van der Waals surface area contributed by atoms with E-state index in [1.165, 1.54) is 24.8 Å². The molecule has 2 atom stereocenters. The van der Waals surface area contributed by atoms with Crippen molar-refractivity contribution in [3.05, 3.63) is 41.8 Å². The van der Waals surface area contributed by atoms with E-state index in [2.05, 4.69) is 17.2 Å². The highest BCUT2D eigenvalue weighted by atomic mass is 19.4. The number of amides is 1. The van der Waals surface area contributed by atoms with Gasteiger partial charge in [0.1, 0.15) is 6.26 Å². The van der Waals surface area contributed by atoms with E-state index < -0.39 is 11.7 Å². The normalized spacial score (nSPS) is 21.1. The van der Waals surface area contributed by atoms with Crippen LogP contribution in [0.5, 0.6) is 0 Å². The summed E-state index contributed by atoms with van der Waals surface area (Å²) < 4.78 is 43.0. The molecule has 0 radical (unpaired) electrons. The van der Waals surface area contributed by atoms with Crippen LogP contribution < -0.4 is 5.32 Å². The van der Waals surface area contributed by atoms with Gasteiger partial charge in [0.05, 0.1) is 5.56 Å². The SMILES string of the molecule is CC1CCCCC1NC(=O)c1coc(-c2ccc(C(F)(F)F)cc2)n1. The van der Waals surface area contributed by atoms with Crippen LogP contribution in [-0.4, -0.2) is 16.9 Å². The van der Waals surface area contributed by atoms with Crippen LogP contribution in [0.4, 0.5) is 13.2 Å². The Kier molecular flexibility index (Phi) is 4.83. The van der Waals surface area contributed by atoms with Crippen LogP contribution in [0.2, 0.25) is 0 Å². The first kappa shape index (κ1) is 17.5. The maximum absolute atomic E-state index is 12.6. The molecule has 0 spiro atoms. The van der Waals surface area contributed by atoms with E-state index >= 15 is 0 Å². The third-order valence-electron chi connectivity index (χ3n) is 4.62. The van der Waals surface area contributed by atoms with Crippen LogP contribution in [0.1, 0.15) is 48.7 Å². The highest BCUT2D eigenvalue weighted by Crippen LogP contribution is 2.31. The predicted octanol–water partition coefficient (Wildman–Crippen LogP) is 4.67. The van der Waals surface area contributed by atoms with Crippen molar-refractivity contribution in [3.63, 3.8) is 0 Å². The van der Waals surface area contributed by atoms with E-state index in [0.29, 0.717) is 11.5 Å². The van der Waals surface area contributed by atoms with Gasteiger partial charge in [-0.25, -0.2) is 4.98 Å². The summed E-state index contributed by atoms with van der Waals surface area (Å²) in [5.41, 5.74) is -0.224. The maximum Gasteiger partial charge on any atom is 0.416 e. The maximum atomic E-state index is 12.6. The molecule has 1 amide bonds. The third kappa shape index (κ3) is 4.03. The number of rotatable bonds is 3. The first-order chi connectivity index (χ1) is 11.8. The van der Waals surface area contributed by atoms with E-state index in [1.807, 2.05) is 0 Å². The molecule has 1 aliphatic carbocycles. The van der Waals surface area contributed by atoms with Gasteiger partial charge >= 0.3 is 6.18 Å². The van der Waals surface area contributed by atoms with Gasteiger partial charge < -0.3 is 9.73 Å². The van der Waals surface area contributed by atoms with Crippen molar-refractivity contribution in [2.45, 2.75) is 44.8 Å². The van der Waals surface area contributed by atoms with Crippen molar-refractivity contribution >= 4 is 5.91 Å². The average molecular weight is 352 g/mol. The van der Waals surface area contributed by atoms with E-state index in [0.717, 1.165) is 31.4 Å². The van der Waals surface area contributed by atoms with Gasteiger partial charge in [-0.3, -0.25) is 4.79 Å². The second-order valence-electron chi connectivity index (χ2n) is 6.45. The number of nitrogens with zero attached hydrogens (tertiary/aromatic N) is 1. The molecule has 1 aliphatic rings. The van der Waals surface area contributed by atoms with E-state index in [1.54, 1.807) is 0 Å². The van der Waals surface area contributed by atoms with Crippen molar-refractivity contribution in [1.82, 2.24) is 10.3 Å². The molecule has 25 heavy (non-hydrogen) atoms. The first-order valence-electron chi connectivity index (χ1n) is 8.28. The second-order valence-corrected chi connectivity index (χ2v) is 6.45. The fraction of sp³-hybridized carbons (Fsp3) is 0.444. The highest BCUT2D eigenvalue weighted by molar-refractivity contribution is 5.92. The van der Waals surface area contributed by atoms with E-state index in [-0.39, 0.29) is 23.5 Å². The van der Waals surface area contributed by atoms with Crippen molar-refractivity contribution < 1.29 is 22.4 Å². The predicted molar refractivity (Wildman–Crippen MR) is 85.8 cm³/mol. The number of halogens is 3. The molecule has 7 heteroatoms. The van der Waals surface area contributed by atoms with Gasteiger partial charge in [0.15, 0.2) is 5.69 Å². The van der Waals surface area contributed by atoms with Crippen LogP contribution in [0.25, 0.3) is 11.5 Å². The Morgan fingerprint density at radius 3 is 2.52 bits per heavy atom. The molecule has 0 saturated heterocycles. The Bertz CT molecular complexity index is 738. The molecular formula is C18H19F3N2O2.